The number of benzene rings is 1. The molecule has 0 aromatic heterocycles. The minimum atomic E-state index is -3.56. The maximum absolute atomic E-state index is 13.0. The molecule has 9 heteroatoms. The summed E-state index contributed by atoms with van der Waals surface area (Å²) in [4.78, 5) is 27.7. The molecule has 148 valence electrons. The van der Waals surface area contributed by atoms with E-state index in [-0.39, 0.29) is 11.9 Å². The van der Waals surface area contributed by atoms with Crippen LogP contribution in [0.25, 0.3) is 0 Å². The minimum Gasteiger partial charge on any atom is -0.336 e. The number of sulfonamides is 1. The van der Waals surface area contributed by atoms with E-state index in [2.05, 4.69) is 5.32 Å². The Morgan fingerprint density at radius 1 is 1.11 bits per heavy atom. The first kappa shape index (κ1) is 19.8. The van der Waals surface area contributed by atoms with Gasteiger partial charge in [-0.25, -0.2) is 13.2 Å². The highest BCUT2D eigenvalue weighted by Gasteiger charge is 2.36. The van der Waals surface area contributed by atoms with E-state index < -0.39 is 16.1 Å². The molecule has 3 rings (SSSR count). The van der Waals surface area contributed by atoms with Crippen LogP contribution in [0.2, 0.25) is 0 Å². The number of nitrogens with zero attached hydrogens (tertiary/aromatic N) is 3. The molecule has 8 nitrogen and oxygen atoms in total. The van der Waals surface area contributed by atoms with Crippen molar-refractivity contribution in [3.8, 4) is 0 Å². The standard InChI is InChI=1S/C18H26N4O4S/c1-13-4-5-14(2)16(12-13)27(25,26)21-10-8-20(9-11-21)15(3)17(23)22-7-6-19-18(22)24/h4-5,12,15H,6-11H2,1-3H3,(H,19,24)/t15-/m1/s1. The van der Waals surface area contributed by atoms with Crippen molar-refractivity contribution in [3.05, 3.63) is 29.3 Å². The fourth-order valence-corrected chi connectivity index (χ4v) is 5.25. The van der Waals surface area contributed by atoms with Crippen molar-refractivity contribution in [1.82, 2.24) is 19.4 Å². The summed E-state index contributed by atoms with van der Waals surface area (Å²) < 4.78 is 27.5. The third-order valence-electron chi connectivity index (χ3n) is 5.26. The van der Waals surface area contributed by atoms with Crippen molar-refractivity contribution in [2.75, 3.05) is 39.3 Å². The molecule has 1 aromatic rings. The third-order valence-corrected chi connectivity index (χ3v) is 7.30. The zero-order valence-corrected chi connectivity index (χ0v) is 16.8. The van der Waals surface area contributed by atoms with Crippen LogP contribution in [0.15, 0.2) is 23.1 Å². The zero-order valence-electron chi connectivity index (χ0n) is 15.9. The first-order valence-electron chi connectivity index (χ1n) is 9.12. The second-order valence-corrected chi connectivity index (χ2v) is 9.01. The molecule has 2 aliphatic heterocycles. The highest BCUT2D eigenvalue weighted by molar-refractivity contribution is 7.89. The number of hydrogen-bond donors (Lipinski definition) is 1. The fraction of sp³-hybridized carbons (Fsp3) is 0.556. The van der Waals surface area contributed by atoms with Crippen LogP contribution in [0, 0.1) is 13.8 Å². The summed E-state index contributed by atoms with van der Waals surface area (Å²) in [6.45, 7) is 7.82. The number of carbonyl (C=O) groups is 2. The Kier molecular flexibility index (Phi) is 5.55. The molecule has 1 aromatic carbocycles. The van der Waals surface area contributed by atoms with Gasteiger partial charge in [0, 0.05) is 39.3 Å². The van der Waals surface area contributed by atoms with E-state index in [4.69, 9.17) is 0 Å². The summed E-state index contributed by atoms with van der Waals surface area (Å²) in [5, 5.41) is 2.62. The molecular formula is C18H26N4O4S. The highest BCUT2D eigenvalue weighted by atomic mass is 32.2. The molecule has 0 spiro atoms. The number of aryl methyl sites for hydroxylation is 2. The van der Waals surface area contributed by atoms with Gasteiger partial charge in [-0.3, -0.25) is 14.6 Å². The monoisotopic (exact) mass is 394 g/mol. The van der Waals surface area contributed by atoms with Crippen LogP contribution >= 0.6 is 0 Å². The number of nitrogens with one attached hydrogen (secondary N) is 1. The van der Waals surface area contributed by atoms with Gasteiger partial charge >= 0.3 is 6.03 Å². The number of carbonyl (C=O) groups excluding carboxylic acids is 2. The Labute approximate surface area is 160 Å². The van der Waals surface area contributed by atoms with E-state index in [0.29, 0.717) is 44.2 Å². The van der Waals surface area contributed by atoms with Crippen LogP contribution < -0.4 is 5.32 Å². The quantitative estimate of drug-likeness (QED) is 0.806. The average Bonchev–Trinajstić information content (AvgIpc) is 3.08. The van der Waals surface area contributed by atoms with Gasteiger partial charge in [0.1, 0.15) is 0 Å². The highest BCUT2D eigenvalue weighted by Crippen LogP contribution is 2.23. The number of imide groups is 1. The van der Waals surface area contributed by atoms with E-state index in [0.717, 1.165) is 11.1 Å². The first-order valence-corrected chi connectivity index (χ1v) is 10.6. The first-order chi connectivity index (χ1) is 12.7. The van der Waals surface area contributed by atoms with E-state index >= 15 is 0 Å². The summed E-state index contributed by atoms with van der Waals surface area (Å²) >= 11 is 0. The third kappa shape index (κ3) is 3.85. The predicted molar refractivity (Wildman–Crippen MR) is 101 cm³/mol. The number of rotatable bonds is 4. The Morgan fingerprint density at radius 3 is 2.37 bits per heavy atom. The summed E-state index contributed by atoms with van der Waals surface area (Å²) in [5.74, 6) is -0.240. The molecule has 0 saturated carbocycles. The van der Waals surface area contributed by atoms with Crippen LogP contribution in [0.4, 0.5) is 4.79 Å². The fourth-order valence-electron chi connectivity index (χ4n) is 3.52. The molecule has 0 aliphatic carbocycles. The normalized spacial score (nSPS) is 20.6. The maximum atomic E-state index is 13.0. The molecule has 0 radical (unpaired) electrons. The molecule has 3 amide bonds. The minimum absolute atomic E-state index is 0.240. The lowest BCUT2D eigenvalue weighted by Crippen LogP contribution is -2.55. The van der Waals surface area contributed by atoms with Gasteiger partial charge in [0.15, 0.2) is 0 Å². The summed E-state index contributed by atoms with van der Waals surface area (Å²) in [6, 6.07) is 4.60. The predicted octanol–water partition coefficient (Wildman–Crippen LogP) is 0.550. The molecule has 2 aliphatic rings. The lowest BCUT2D eigenvalue weighted by Gasteiger charge is -2.37. The Balaban J connectivity index is 1.67. The molecule has 1 N–H and O–H groups in total. The van der Waals surface area contributed by atoms with Crippen molar-refractivity contribution < 1.29 is 18.0 Å². The molecule has 2 saturated heterocycles. The van der Waals surface area contributed by atoms with Gasteiger partial charge < -0.3 is 5.32 Å². The SMILES string of the molecule is Cc1ccc(C)c(S(=O)(=O)N2CCN([C@H](C)C(=O)N3CCNC3=O)CC2)c1. The van der Waals surface area contributed by atoms with Crippen molar-refractivity contribution in [1.29, 1.82) is 0 Å². The van der Waals surface area contributed by atoms with E-state index in [1.807, 2.05) is 24.0 Å². The summed E-state index contributed by atoms with van der Waals surface area (Å²) in [6.07, 6.45) is 0. The zero-order chi connectivity index (χ0) is 19.8. The lowest BCUT2D eigenvalue weighted by atomic mass is 10.2. The number of hydrogen-bond acceptors (Lipinski definition) is 5. The van der Waals surface area contributed by atoms with E-state index in [1.165, 1.54) is 9.21 Å². The topological polar surface area (TPSA) is 90.0 Å². The second kappa shape index (κ2) is 7.57. The van der Waals surface area contributed by atoms with Crippen LogP contribution in [-0.2, 0) is 14.8 Å². The van der Waals surface area contributed by atoms with Gasteiger partial charge in [-0.15, -0.1) is 0 Å². The van der Waals surface area contributed by atoms with Gasteiger partial charge in [0.05, 0.1) is 10.9 Å². The van der Waals surface area contributed by atoms with E-state index in [9.17, 15) is 18.0 Å². The number of piperazine rings is 1. The number of amides is 3. The Bertz CT molecular complexity index is 847. The average molecular weight is 394 g/mol. The van der Waals surface area contributed by atoms with Crippen LogP contribution in [0.1, 0.15) is 18.1 Å². The van der Waals surface area contributed by atoms with Gasteiger partial charge in [-0.05, 0) is 38.0 Å². The number of urea groups is 1. The van der Waals surface area contributed by atoms with Crippen molar-refractivity contribution in [2.45, 2.75) is 31.7 Å². The van der Waals surface area contributed by atoms with Crippen molar-refractivity contribution in [3.63, 3.8) is 0 Å². The molecule has 0 bridgehead atoms. The van der Waals surface area contributed by atoms with Crippen molar-refractivity contribution in [2.24, 2.45) is 0 Å². The molecular weight excluding hydrogens is 368 g/mol. The van der Waals surface area contributed by atoms with Gasteiger partial charge in [-0.2, -0.15) is 4.31 Å². The summed E-state index contributed by atoms with van der Waals surface area (Å²) in [5.41, 5.74) is 1.63. The van der Waals surface area contributed by atoms with E-state index in [1.54, 1.807) is 19.9 Å². The van der Waals surface area contributed by atoms with Gasteiger partial charge in [0.2, 0.25) is 15.9 Å². The summed E-state index contributed by atoms with van der Waals surface area (Å²) in [7, 11) is -3.56. The molecule has 27 heavy (non-hydrogen) atoms. The maximum Gasteiger partial charge on any atom is 0.324 e. The van der Waals surface area contributed by atoms with Crippen LogP contribution in [0.3, 0.4) is 0 Å². The molecule has 1 atom stereocenters. The smallest absolute Gasteiger partial charge is 0.324 e. The van der Waals surface area contributed by atoms with Crippen molar-refractivity contribution >= 4 is 22.0 Å². The van der Waals surface area contributed by atoms with Crippen LogP contribution in [-0.4, -0.2) is 79.8 Å². The molecule has 2 heterocycles. The van der Waals surface area contributed by atoms with Gasteiger partial charge in [-0.1, -0.05) is 12.1 Å². The largest absolute Gasteiger partial charge is 0.336 e. The van der Waals surface area contributed by atoms with Gasteiger partial charge in [0.25, 0.3) is 0 Å². The molecule has 0 unspecified atom stereocenters. The second-order valence-electron chi connectivity index (χ2n) is 7.11. The van der Waals surface area contributed by atoms with Crippen LogP contribution in [0.5, 0.6) is 0 Å². The Morgan fingerprint density at radius 2 is 1.78 bits per heavy atom. The molecule has 2 fully saturated rings. The Hall–Kier alpha value is -1.97. The lowest BCUT2D eigenvalue weighted by molar-refractivity contribution is -0.133.